The Morgan fingerprint density at radius 2 is 1.00 bits per heavy atom. The number of rotatable bonds is 0. The van der Waals surface area contributed by atoms with Gasteiger partial charge in [-0.2, -0.15) is 0 Å². The van der Waals surface area contributed by atoms with Crippen molar-refractivity contribution in [2.24, 2.45) is 0 Å². The van der Waals surface area contributed by atoms with Gasteiger partial charge in [-0.1, -0.05) is 0 Å². The molecule has 0 saturated heterocycles. The fourth-order valence-corrected chi connectivity index (χ4v) is 0. The van der Waals surface area contributed by atoms with Crippen molar-refractivity contribution < 1.29 is 25.2 Å². The van der Waals surface area contributed by atoms with Gasteiger partial charge in [0.05, 0.1) is 0 Å². The van der Waals surface area contributed by atoms with Crippen LogP contribution in [0.2, 0.25) is 0 Å². The predicted molar refractivity (Wildman–Crippen MR) is 9.31 cm³/mol. The third-order valence-corrected chi connectivity index (χ3v) is 0. The fraction of sp³-hybridized carbons (Fsp3) is 0. The Morgan fingerprint density at radius 3 is 1.00 bits per heavy atom. The van der Waals surface area contributed by atoms with Crippen molar-refractivity contribution in [3.05, 3.63) is 0 Å². The molecule has 0 aromatic rings. The van der Waals surface area contributed by atoms with Crippen LogP contribution in [0.4, 0.5) is 0 Å². The molecular weight excluding hydrogens is 139 g/mol. The van der Waals surface area contributed by atoms with Crippen LogP contribution in [0.25, 0.3) is 0 Å². The van der Waals surface area contributed by atoms with Gasteiger partial charge in [0.25, 0.3) is 0 Å². The van der Waals surface area contributed by atoms with E-state index in [4.69, 9.17) is 11.5 Å². The van der Waals surface area contributed by atoms with Crippen molar-refractivity contribution in [1.29, 1.82) is 0 Å². The van der Waals surface area contributed by atoms with Crippen molar-refractivity contribution in [3.8, 4) is 0 Å². The molecule has 0 aromatic heterocycles. The molecule has 0 rings (SSSR count). The van der Waals surface area contributed by atoms with E-state index in [9.17, 15) is 0 Å². The average Bonchev–Trinajstić information content (AvgIpc) is 0.811. The summed E-state index contributed by atoms with van der Waals surface area (Å²) in [6.45, 7) is 0. The Balaban J connectivity index is 0. The van der Waals surface area contributed by atoms with Crippen molar-refractivity contribution in [2.45, 2.75) is 0 Å². The van der Waals surface area contributed by atoms with E-state index in [1.54, 1.807) is 0 Å². The van der Waals surface area contributed by atoms with Gasteiger partial charge in [0.2, 0.25) is 0 Å². The van der Waals surface area contributed by atoms with Gasteiger partial charge in [-0.05, 0) is 0 Å². The third kappa shape index (κ3) is 468. The molecule has 0 aromatic carbocycles. The van der Waals surface area contributed by atoms with Gasteiger partial charge in [0.15, 0.2) is 0 Å². The summed E-state index contributed by atoms with van der Waals surface area (Å²) >= 11 is -3.50. The predicted octanol–water partition coefficient (Wildman–Crippen LogP) is 0.0629. The molecule has 34 valence electrons. The van der Waals surface area contributed by atoms with Crippen LogP contribution in [-0.2, 0) is 25.2 Å². The van der Waals surface area contributed by atoms with Gasteiger partial charge in [0.1, 0.15) is 0 Å². The van der Waals surface area contributed by atoms with Crippen molar-refractivity contribution >= 4 is 12.4 Å². The first-order chi connectivity index (χ1) is 1.73. The molecule has 5 heteroatoms. The van der Waals surface area contributed by atoms with Gasteiger partial charge < -0.3 is 0 Å². The van der Waals surface area contributed by atoms with Crippen LogP contribution in [0.15, 0.2) is 0 Å². The maximum atomic E-state index is 8.50. The van der Waals surface area contributed by atoms with Crippen LogP contribution in [0.5, 0.6) is 0 Å². The van der Waals surface area contributed by atoms with Gasteiger partial charge in [-0.15, -0.1) is 12.4 Å². The van der Waals surface area contributed by atoms with Crippen LogP contribution < -0.4 is 0 Å². The number of hydrogen-bond acceptors (Lipinski definition) is 3. The first-order valence-electron chi connectivity index (χ1n) is 0.433. The Hall–Kier alpha value is 0.209. The SMILES string of the molecule is Cl.[O]=[Fe](=[O])=[O]. The zero-order valence-corrected chi connectivity index (χ0v) is 3.91. The topological polar surface area (TPSA) is 51.2 Å². The third-order valence-electron chi connectivity index (χ3n) is 0. The first kappa shape index (κ1) is 8.96. The minimum absolute atomic E-state index is 0. The van der Waals surface area contributed by atoms with E-state index in [1.165, 1.54) is 0 Å². The zero-order chi connectivity index (χ0) is 3.58. The van der Waals surface area contributed by atoms with E-state index in [1.807, 2.05) is 0 Å². The molecule has 0 unspecified atom stereocenters. The summed E-state index contributed by atoms with van der Waals surface area (Å²) in [6.07, 6.45) is 0. The van der Waals surface area contributed by atoms with E-state index in [0.29, 0.717) is 0 Å². The first-order valence-corrected chi connectivity index (χ1v) is 1.79. The minimum atomic E-state index is -3.50. The normalized spacial score (nSPS) is 6.60. The van der Waals surface area contributed by atoms with E-state index < -0.39 is 13.7 Å². The summed E-state index contributed by atoms with van der Waals surface area (Å²) in [7, 11) is 0. The summed E-state index contributed by atoms with van der Waals surface area (Å²) in [6, 6.07) is 0. The zero-order valence-electron chi connectivity index (χ0n) is 1.99. The van der Waals surface area contributed by atoms with Gasteiger partial charge in [-0.3, -0.25) is 0 Å². The molecule has 0 saturated carbocycles. The molecule has 0 aliphatic carbocycles. The number of hydrogen-bond donors (Lipinski definition) is 0. The van der Waals surface area contributed by atoms with Crippen LogP contribution >= 0.6 is 12.4 Å². The van der Waals surface area contributed by atoms with E-state index in [-0.39, 0.29) is 12.4 Å². The fourth-order valence-electron chi connectivity index (χ4n) is 0. The second-order valence-corrected chi connectivity index (χ2v) is 0.729. The molecule has 0 amide bonds. The Kier molecular flexibility index (Phi) is 7.54. The molecule has 0 spiro atoms. The molecule has 0 N–H and O–H groups in total. The van der Waals surface area contributed by atoms with Crippen LogP contribution in [0, 0.1) is 0 Å². The summed E-state index contributed by atoms with van der Waals surface area (Å²) in [4.78, 5) is 0. The van der Waals surface area contributed by atoms with Gasteiger partial charge in [0, 0.05) is 0 Å². The molecule has 5 heavy (non-hydrogen) atoms. The standard InChI is InChI=1S/ClH.Fe.3O/h1H;;;;. The molecule has 0 aliphatic rings. The van der Waals surface area contributed by atoms with E-state index >= 15 is 0 Å². The van der Waals surface area contributed by atoms with Crippen LogP contribution in [0.3, 0.4) is 0 Å². The van der Waals surface area contributed by atoms with Crippen molar-refractivity contribution in [1.82, 2.24) is 0 Å². The summed E-state index contributed by atoms with van der Waals surface area (Å²) in [5.74, 6) is 0. The second kappa shape index (κ2) is 4.21. The molecule has 3 nitrogen and oxygen atoms in total. The van der Waals surface area contributed by atoms with E-state index in [0.717, 1.165) is 0 Å². The second-order valence-electron chi connectivity index (χ2n) is 0.177. The summed E-state index contributed by atoms with van der Waals surface area (Å²) in [5.41, 5.74) is 0. The van der Waals surface area contributed by atoms with Gasteiger partial charge in [-0.25, -0.2) is 0 Å². The summed E-state index contributed by atoms with van der Waals surface area (Å²) in [5, 5.41) is 0. The molecular formula is HClFeO3. The molecule has 0 atom stereocenters. The van der Waals surface area contributed by atoms with E-state index in [2.05, 4.69) is 0 Å². The van der Waals surface area contributed by atoms with Crippen LogP contribution in [-0.4, -0.2) is 0 Å². The Labute approximate surface area is 38.3 Å². The number of halogens is 1. The monoisotopic (exact) mass is 140 g/mol. The Morgan fingerprint density at radius 1 is 1.00 bits per heavy atom. The maximum absolute atomic E-state index is 8.50. The average molecular weight is 140 g/mol. The molecule has 0 radical (unpaired) electrons. The summed E-state index contributed by atoms with van der Waals surface area (Å²) < 4.78 is 25.5. The quantitative estimate of drug-likeness (QED) is 0.447. The van der Waals surface area contributed by atoms with Gasteiger partial charge >= 0.3 is 25.2 Å². The molecule has 0 bridgehead atoms. The van der Waals surface area contributed by atoms with Crippen molar-refractivity contribution in [3.63, 3.8) is 0 Å². The molecule has 0 heterocycles. The van der Waals surface area contributed by atoms with Crippen molar-refractivity contribution in [2.75, 3.05) is 0 Å². The Bertz CT molecular complexity index is 76.3. The molecule has 0 aliphatic heterocycles. The molecule has 0 fully saturated rings. The van der Waals surface area contributed by atoms with Crippen LogP contribution in [0.1, 0.15) is 0 Å².